The number of aryl methyl sites for hydroxylation is 3. The van der Waals surface area contributed by atoms with Gasteiger partial charge in [-0.2, -0.15) is 26.3 Å². The first-order chi connectivity index (χ1) is 8.93. The van der Waals surface area contributed by atoms with Crippen molar-refractivity contribution in [3.63, 3.8) is 0 Å². The quantitative estimate of drug-likeness (QED) is 0.512. The maximum Gasteiger partial charge on any atom is 0.430 e. The van der Waals surface area contributed by atoms with Gasteiger partial charge in [0.15, 0.2) is 5.57 Å². The van der Waals surface area contributed by atoms with Gasteiger partial charge in [0.05, 0.1) is 5.69 Å². The number of halogens is 6. The molecular weight excluding hydrogens is 284 g/mol. The smallest absolute Gasteiger partial charge is 0.205 e. The van der Waals surface area contributed by atoms with Crippen LogP contribution in [-0.4, -0.2) is 18.2 Å². The second-order valence-electron chi connectivity index (χ2n) is 4.34. The van der Waals surface area contributed by atoms with Gasteiger partial charge in [0.1, 0.15) is 0 Å². The standard InChI is InChI=1S/C13H11F6N/c1-7-4-8(2)11(9(3)5-7)20-6-10(12(14,15)16)13(17,18)19/h4-5H,1-3H3. The molecule has 0 amide bonds. The molecule has 0 N–H and O–H groups in total. The Kier molecular flexibility index (Phi) is 4.34. The molecular formula is C13H11F6N. The predicted octanol–water partition coefficient (Wildman–Crippen LogP) is 4.96. The molecule has 0 fully saturated rings. The molecule has 1 nitrogen and oxygen atoms in total. The summed E-state index contributed by atoms with van der Waals surface area (Å²) in [6.45, 7) is 4.88. The first-order valence-electron chi connectivity index (χ1n) is 5.49. The van der Waals surface area contributed by atoms with Gasteiger partial charge in [0, 0.05) is 5.87 Å². The number of hydrogen-bond acceptors (Lipinski definition) is 1. The van der Waals surface area contributed by atoms with Gasteiger partial charge < -0.3 is 0 Å². The number of aliphatic imine (C=N–C) groups is 1. The second-order valence-corrected chi connectivity index (χ2v) is 4.34. The maximum absolute atomic E-state index is 12.3. The van der Waals surface area contributed by atoms with Crippen molar-refractivity contribution in [2.24, 2.45) is 4.99 Å². The number of benzene rings is 1. The molecule has 0 aliphatic carbocycles. The van der Waals surface area contributed by atoms with Crippen molar-refractivity contribution >= 4 is 11.6 Å². The summed E-state index contributed by atoms with van der Waals surface area (Å²) in [5.41, 5.74) is -0.877. The molecule has 0 saturated heterocycles. The largest absolute Gasteiger partial charge is 0.430 e. The summed E-state index contributed by atoms with van der Waals surface area (Å²) in [5, 5.41) is 0. The molecule has 0 unspecified atom stereocenters. The summed E-state index contributed by atoms with van der Waals surface area (Å²) < 4.78 is 73.8. The molecule has 1 aromatic carbocycles. The van der Waals surface area contributed by atoms with E-state index in [0.29, 0.717) is 11.1 Å². The molecule has 0 bridgehead atoms. The summed E-state index contributed by atoms with van der Waals surface area (Å²) in [6, 6.07) is 3.24. The summed E-state index contributed by atoms with van der Waals surface area (Å²) in [6.07, 6.45) is -11.1. The Bertz CT molecular complexity index is 534. The van der Waals surface area contributed by atoms with E-state index in [-0.39, 0.29) is 5.69 Å². The normalized spacial score (nSPS) is 12.1. The van der Waals surface area contributed by atoms with E-state index in [9.17, 15) is 26.3 Å². The molecule has 1 aromatic rings. The fourth-order valence-electron chi connectivity index (χ4n) is 1.75. The van der Waals surface area contributed by atoms with Gasteiger partial charge in [0.2, 0.25) is 0 Å². The number of hydrogen-bond donors (Lipinski definition) is 0. The molecule has 0 spiro atoms. The SMILES string of the molecule is Cc1cc(C)c(N=C=C(C(F)(F)F)C(F)(F)F)c(C)c1. The van der Waals surface area contributed by atoms with E-state index < -0.39 is 17.9 Å². The second kappa shape index (κ2) is 5.32. The fraction of sp³-hybridized carbons (Fsp3) is 0.385. The highest BCUT2D eigenvalue weighted by atomic mass is 19.4. The van der Waals surface area contributed by atoms with Crippen LogP contribution in [-0.2, 0) is 0 Å². The van der Waals surface area contributed by atoms with Gasteiger partial charge in [-0.15, -0.1) is 0 Å². The first kappa shape index (κ1) is 16.3. The Labute approximate surface area is 111 Å². The van der Waals surface area contributed by atoms with Crippen LogP contribution in [0.1, 0.15) is 16.7 Å². The van der Waals surface area contributed by atoms with Crippen molar-refractivity contribution in [2.75, 3.05) is 0 Å². The Hall–Kier alpha value is -1.75. The summed E-state index contributed by atoms with van der Waals surface area (Å²) in [7, 11) is 0. The lowest BCUT2D eigenvalue weighted by atomic mass is 10.1. The topological polar surface area (TPSA) is 12.4 Å². The Morgan fingerprint density at radius 2 is 1.30 bits per heavy atom. The average Bonchev–Trinajstić information content (AvgIpc) is 2.17. The van der Waals surface area contributed by atoms with Crippen LogP contribution in [0.2, 0.25) is 0 Å². The van der Waals surface area contributed by atoms with Crippen LogP contribution in [0.5, 0.6) is 0 Å². The molecule has 1 rings (SSSR count). The monoisotopic (exact) mass is 295 g/mol. The van der Waals surface area contributed by atoms with Gasteiger partial charge in [0.25, 0.3) is 0 Å². The third kappa shape index (κ3) is 3.87. The summed E-state index contributed by atoms with van der Waals surface area (Å²) >= 11 is 0. The minimum atomic E-state index is -5.55. The minimum absolute atomic E-state index is 0.0570. The van der Waals surface area contributed by atoms with Crippen LogP contribution in [0.25, 0.3) is 0 Å². The summed E-state index contributed by atoms with van der Waals surface area (Å²) in [4.78, 5) is 3.25. The molecule has 7 heteroatoms. The van der Waals surface area contributed by atoms with Crippen molar-refractivity contribution < 1.29 is 26.3 Å². The van der Waals surface area contributed by atoms with Gasteiger partial charge in [-0.25, -0.2) is 4.99 Å². The predicted molar refractivity (Wildman–Crippen MR) is 63.4 cm³/mol. The minimum Gasteiger partial charge on any atom is -0.205 e. The third-order valence-corrected chi connectivity index (χ3v) is 2.48. The van der Waals surface area contributed by atoms with Gasteiger partial charge in [-0.05, 0) is 31.9 Å². The zero-order valence-electron chi connectivity index (χ0n) is 10.9. The number of alkyl halides is 6. The van der Waals surface area contributed by atoms with E-state index in [1.807, 2.05) is 0 Å². The van der Waals surface area contributed by atoms with Crippen molar-refractivity contribution in [2.45, 2.75) is 33.1 Å². The van der Waals surface area contributed by atoms with Crippen molar-refractivity contribution in [1.82, 2.24) is 0 Å². The van der Waals surface area contributed by atoms with Gasteiger partial charge in [-0.1, -0.05) is 17.7 Å². The first-order valence-corrected chi connectivity index (χ1v) is 5.49. The highest BCUT2D eigenvalue weighted by Gasteiger charge is 2.51. The molecule has 0 atom stereocenters. The van der Waals surface area contributed by atoms with Gasteiger partial charge >= 0.3 is 12.4 Å². The Morgan fingerprint density at radius 3 is 1.65 bits per heavy atom. The van der Waals surface area contributed by atoms with E-state index in [0.717, 1.165) is 11.4 Å². The number of rotatable bonds is 1. The number of nitrogens with zero attached hydrogens (tertiary/aromatic N) is 1. The van der Waals surface area contributed by atoms with Crippen LogP contribution in [0.15, 0.2) is 22.7 Å². The van der Waals surface area contributed by atoms with Crippen LogP contribution < -0.4 is 0 Å². The van der Waals surface area contributed by atoms with Crippen LogP contribution in [0.3, 0.4) is 0 Å². The van der Waals surface area contributed by atoms with Crippen molar-refractivity contribution in [1.29, 1.82) is 0 Å². The van der Waals surface area contributed by atoms with Gasteiger partial charge in [-0.3, -0.25) is 0 Å². The molecule has 0 aliphatic rings. The van der Waals surface area contributed by atoms with Crippen molar-refractivity contribution in [3.05, 3.63) is 34.4 Å². The highest BCUT2D eigenvalue weighted by molar-refractivity contribution is 5.68. The van der Waals surface area contributed by atoms with Crippen LogP contribution >= 0.6 is 0 Å². The molecule has 0 aromatic heterocycles. The lowest BCUT2D eigenvalue weighted by molar-refractivity contribution is -0.169. The van der Waals surface area contributed by atoms with E-state index in [4.69, 9.17) is 0 Å². The molecule has 0 radical (unpaired) electrons. The highest BCUT2D eigenvalue weighted by Crippen LogP contribution is 2.37. The maximum atomic E-state index is 12.3. The Morgan fingerprint density at radius 1 is 0.900 bits per heavy atom. The lowest BCUT2D eigenvalue weighted by Crippen LogP contribution is -2.26. The zero-order chi connectivity index (χ0) is 15.7. The molecule has 110 valence electrons. The summed E-state index contributed by atoms with van der Waals surface area (Å²) in [5.74, 6) is 1.11. The molecule has 0 saturated carbocycles. The lowest BCUT2D eigenvalue weighted by Gasteiger charge is -2.11. The molecule has 0 heterocycles. The number of allylic oxidation sites excluding steroid dienone is 1. The molecule has 20 heavy (non-hydrogen) atoms. The van der Waals surface area contributed by atoms with Crippen LogP contribution in [0.4, 0.5) is 32.0 Å². The van der Waals surface area contributed by atoms with E-state index in [2.05, 4.69) is 4.99 Å². The van der Waals surface area contributed by atoms with E-state index in [1.165, 1.54) is 0 Å². The third-order valence-electron chi connectivity index (χ3n) is 2.48. The van der Waals surface area contributed by atoms with E-state index in [1.54, 1.807) is 32.9 Å². The fourth-order valence-corrected chi connectivity index (χ4v) is 1.75. The van der Waals surface area contributed by atoms with Crippen molar-refractivity contribution in [3.8, 4) is 0 Å². The zero-order valence-corrected chi connectivity index (χ0v) is 10.9. The average molecular weight is 295 g/mol. The Balaban J connectivity index is 3.47. The van der Waals surface area contributed by atoms with E-state index >= 15 is 0 Å². The van der Waals surface area contributed by atoms with Crippen LogP contribution in [0, 0.1) is 20.8 Å². The molecule has 0 aliphatic heterocycles.